The zero-order valence-electron chi connectivity index (χ0n) is 11.4. The Kier molecular flexibility index (Phi) is 4.97. The first-order valence-electron chi connectivity index (χ1n) is 5.94. The molecule has 5 nitrogen and oxygen atoms in total. The molecule has 0 heterocycles. The molecule has 0 spiro atoms. The monoisotopic (exact) mass is 251 g/mol. The minimum atomic E-state index is -0.198. The maximum atomic E-state index is 12.0. The van der Waals surface area contributed by atoms with Gasteiger partial charge in [0.2, 0.25) is 5.91 Å². The lowest BCUT2D eigenvalue weighted by Gasteiger charge is -2.22. The fourth-order valence-electron chi connectivity index (χ4n) is 1.49. The number of anilines is 2. The lowest BCUT2D eigenvalue weighted by atomic mass is 10.2. The molecule has 0 saturated carbocycles. The van der Waals surface area contributed by atoms with Gasteiger partial charge in [0, 0.05) is 6.07 Å². The second-order valence-electron chi connectivity index (χ2n) is 4.19. The molecular weight excluding hydrogens is 230 g/mol. The molecule has 0 aliphatic carbocycles. The SMILES string of the molecule is CCN(C)C(C)C(=O)Nc1ccc(OC)cc1N. The molecule has 0 radical (unpaired) electrons. The van der Waals surface area contributed by atoms with Gasteiger partial charge in [-0.2, -0.15) is 0 Å². The third kappa shape index (κ3) is 3.37. The van der Waals surface area contributed by atoms with Gasteiger partial charge in [0.25, 0.3) is 0 Å². The van der Waals surface area contributed by atoms with Crippen molar-refractivity contribution in [2.45, 2.75) is 19.9 Å². The van der Waals surface area contributed by atoms with Gasteiger partial charge in [0.1, 0.15) is 5.75 Å². The molecule has 0 aliphatic heterocycles. The van der Waals surface area contributed by atoms with Gasteiger partial charge >= 0.3 is 0 Å². The number of nitrogens with zero attached hydrogens (tertiary/aromatic N) is 1. The number of ether oxygens (including phenoxy) is 1. The molecule has 0 bridgehead atoms. The number of likely N-dealkylation sites (N-methyl/N-ethyl adjacent to an activating group) is 1. The summed E-state index contributed by atoms with van der Waals surface area (Å²) in [7, 11) is 3.48. The fourth-order valence-corrected chi connectivity index (χ4v) is 1.49. The van der Waals surface area contributed by atoms with Crippen LogP contribution in [0.4, 0.5) is 11.4 Å². The lowest BCUT2D eigenvalue weighted by molar-refractivity contribution is -0.120. The van der Waals surface area contributed by atoms with E-state index in [1.165, 1.54) is 0 Å². The maximum absolute atomic E-state index is 12.0. The molecule has 1 rings (SSSR count). The molecule has 1 aromatic carbocycles. The van der Waals surface area contributed by atoms with Crippen molar-refractivity contribution in [3.63, 3.8) is 0 Å². The van der Waals surface area contributed by atoms with Crippen molar-refractivity contribution in [3.8, 4) is 5.75 Å². The van der Waals surface area contributed by atoms with Crippen molar-refractivity contribution >= 4 is 17.3 Å². The smallest absolute Gasteiger partial charge is 0.241 e. The first kappa shape index (κ1) is 14.3. The van der Waals surface area contributed by atoms with Gasteiger partial charge in [-0.3, -0.25) is 9.69 Å². The Balaban J connectivity index is 2.76. The summed E-state index contributed by atoms with van der Waals surface area (Å²) in [4.78, 5) is 13.9. The van der Waals surface area contributed by atoms with Crippen LogP contribution in [0.25, 0.3) is 0 Å². The van der Waals surface area contributed by atoms with E-state index >= 15 is 0 Å². The predicted octanol–water partition coefficient (Wildman–Crippen LogP) is 1.56. The van der Waals surface area contributed by atoms with E-state index in [2.05, 4.69) is 5.32 Å². The van der Waals surface area contributed by atoms with Crippen LogP contribution in [0.1, 0.15) is 13.8 Å². The summed E-state index contributed by atoms with van der Waals surface area (Å²) in [5.74, 6) is 0.598. The van der Waals surface area contributed by atoms with Crippen molar-refractivity contribution in [3.05, 3.63) is 18.2 Å². The second kappa shape index (κ2) is 6.26. The zero-order valence-corrected chi connectivity index (χ0v) is 11.4. The van der Waals surface area contributed by atoms with Gasteiger partial charge in [-0.15, -0.1) is 0 Å². The Morgan fingerprint density at radius 3 is 2.72 bits per heavy atom. The summed E-state index contributed by atoms with van der Waals surface area (Å²) < 4.78 is 5.06. The quantitative estimate of drug-likeness (QED) is 0.779. The lowest BCUT2D eigenvalue weighted by Crippen LogP contribution is -2.39. The number of nitrogens with two attached hydrogens (primary N) is 1. The Labute approximate surface area is 108 Å². The maximum Gasteiger partial charge on any atom is 0.241 e. The van der Waals surface area contributed by atoms with Gasteiger partial charge in [-0.25, -0.2) is 0 Å². The van der Waals surface area contributed by atoms with Crippen LogP contribution in [-0.2, 0) is 4.79 Å². The van der Waals surface area contributed by atoms with Crippen molar-refractivity contribution in [2.24, 2.45) is 0 Å². The van der Waals surface area contributed by atoms with Crippen molar-refractivity contribution in [2.75, 3.05) is 31.8 Å². The largest absolute Gasteiger partial charge is 0.497 e. The summed E-state index contributed by atoms with van der Waals surface area (Å²) in [5.41, 5.74) is 6.95. The van der Waals surface area contributed by atoms with Crippen LogP contribution >= 0.6 is 0 Å². The highest BCUT2D eigenvalue weighted by Gasteiger charge is 2.17. The van der Waals surface area contributed by atoms with Crippen LogP contribution < -0.4 is 15.8 Å². The van der Waals surface area contributed by atoms with Gasteiger partial charge in [-0.05, 0) is 32.6 Å². The van der Waals surface area contributed by atoms with Crippen LogP contribution in [0.15, 0.2) is 18.2 Å². The number of nitrogens with one attached hydrogen (secondary N) is 1. The Hall–Kier alpha value is -1.75. The predicted molar refractivity (Wildman–Crippen MR) is 73.8 cm³/mol. The number of amides is 1. The molecule has 5 heteroatoms. The van der Waals surface area contributed by atoms with Crippen molar-refractivity contribution < 1.29 is 9.53 Å². The second-order valence-corrected chi connectivity index (χ2v) is 4.19. The zero-order chi connectivity index (χ0) is 13.7. The van der Waals surface area contributed by atoms with E-state index < -0.39 is 0 Å². The van der Waals surface area contributed by atoms with Gasteiger partial charge in [0.15, 0.2) is 0 Å². The molecular formula is C13H21N3O2. The van der Waals surface area contributed by atoms with E-state index in [0.29, 0.717) is 17.1 Å². The topological polar surface area (TPSA) is 67.6 Å². The molecule has 0 saturated heterocycles. The van der Waals surface area contributed by atoms with Gasteiger partial charge in [-0.1, -0.05) is 6.92 Å². The number of carbonyl (C=O) groups excluding carboxylic acids is 1. The third-order valence-electron chi connectivity index (χ3n) is 3.06. The first-order valence-corrected chi connectivity index (χ1v) is 5.94. The Morgan fingerprint density at radius 2 is 2.22 bits per heavy atom. The number of nitrogen functional groups attached to an aromatic ring is 1. The Morgan fingerprint density at radius 1 is 1.56 bits per heavy atom. The van der Waals surface area contributed by atoms with E-state index in [1.807, 2.05) is 25.8 Å². The third-order valence-corrected chi connectivity index (χ3v) is 3.06. The number of rotatable bonds is 5. The summed E-state index contributed by atoms with van der Waals surface area (Å²) >= 11 is 0. The number of carbonyl (C=O) groups is 1. The minimum absolute atomic E-state index is 0.0729. The molecule has 1 aromatic rings. The number of benzene rings is 1. The van der Waals surface area contributed by atoms with Crippen LogP contribution in [0.5, 0.6) is 5.75 Å². The molecule has 1 unspecified atom stereocenters. The van der Waals surface area contributed by atoms with E-state index in [4.69, 9.17) is 10.5 Å². The summed E-state index contributed by atoms with van der Waals surface area (Å²) in [6.45, 7) is 4.68. The van der Waals surface area contributed by atoms with Crippen molar-refractivity contribution in [1.29, 1.82) is 0 Å². The van der Waals surface area contributed by atoms with E-state index in [0.717, 1.165) is 6.54 Å². The highest BCUT2D eigenvalue weighted by atomic mass is 16.5. The molecule has 18 heavy (non-hydrogen) atoms. The minimum Gasteiger partial charge on any atom is -0.497 e. The van der Waals surface area contributed by atoms with Crippen molar-refractivity contribution in [1.82, 2.24) is 4.90 Å². The van der Waals surface area contributed by atoms with E-state index in [-0.39, 0.29) is 11.9 Å². The number of methoxy groups -OCH3 is 1. The average molecular weight is 251 g/mol. The number of hydrogen-bond acceptors (Lipinski definition) is 4. The van der Waals surface area contributed by atoms with Crippen LogP contribution in [0, 0.1) is 0 Å². The molecule has 1 atom stereocenters. The summed E-state index contributed by atoms with van der Waals surface area (Å²) in [5, 5.41) is 2.82. The van der Waals surface area contributed by atoms with Crippen LogP contribution in [0.2, 0.25) is 0 Å². The van der Waals surface area contributed by atoms with E-state index in [1.54, 1.807) is 25.3 Å². The molecule has 1 amide bonds. The highest BCUT2D eigenvalue weighted by Crippen LogP contribution is 2.24. The van der Waals surface area contributed by atoms with Gasteiger partial charge in [0.05, 0.1) is 24.5 Å². The molecule has 0 fully saturated rings. The molecule has 3 N–H and O–H groups in total. The average Bonchev–Trinajstić information content (AvgIpc) is 2.38. The number of hydrogen-bond donors (Lipinski definition) is 2. The normalized spacial score (nSPS) is 12.3. The molecule has 100 valence electrons. The fraction of sp³-hybridized carbons (Fsp3) is 0.462. The molecule has 0 aromatic heterocycles. The van der Waals surface area contributed by atoms with Crippen LogP contribution in [-0.4, -0.2) is 37.6 Å². The van der Waals surface area contributed by atoms with E-state index in [9.17, 15) is 4.79 Å². The summed E-state index contributed by atoms with van der Waals surface area (Å²) in [6.07, 6.45) is 0. The van der Waals surface area contributed by atoms with Crippen LogP contribution in [0.3, 0.4) is 0 Å². The Bertz CT molecular complexity index is 421. The highest BCUT2D eigenvalue weighted by molar-refractivity contribution is 5.97. The standard InChI is InChI=1S/C13H21N3O2/c1-5-16(3)9(2)13(17)15-12-7-6-10(18-4)8-11(12)14/h6-9H,5,14H2,1-4H3,(H,15,17). The molecule has 0 aliphatic rings. The first-order chi connectivity index (χ1) is 8.49. The van der Waals surface area contributed by atoms with Gasteiger partial charge < -0.3 is 15.8 Å². The summed E-state index contributed by atoms with van der Waals surface area (Å²) in [6, 6.07) is 4.99.